The molecule has 10 rings (SSSR count). The van der Waals surface area contributed by atoms with Crippen LogP contribution in [0.2, 0.25) is 0 Å². The summed E-state index contributed by atoms with van der Waals surface area (Å²) >= 11 is 0. The summed E-state index contributed by atoms with van der Waals surface area (Å²) in [5.41, 5.74) is 13.3. The van der Waals surface area contributed by atoms with Gasteiger partial charge < -0.3 is 13.7 Å². The summed E-state index contributed by atoms with van der Waals surface area (Å²) in [6.07, 6.45) is 2.17. The van der Waals surface area contributed by atoms with Gasteiger partial charge in [0.15, 0.2) is 0 Å². The Hall–Kier alpha value is -6.32. The minimum Gasteiger partial charge on any atom is -0.317 e. The number of para-hydroxylation sites is 3. The molecule has 3 heteroatoms. The van der Waals surface area contributed by atoms with Crippen molar-refractivity contribution in [1.29, 1.82) is 0 Å². The minimum atomic E-state index is 1.17. The normalized spacial score (nSPS) is 11.9. The van der Waals surface area contributed by atoms with E-state index in [0.29, 0.717) is 0 Å². The maximum atomic E-state index is 2.42. The first-order valence-electron chi connectivity index (χ1n) is 16.5. The lowest BCUT2D eigenvalue weighted by Crippen LogP contribution is -1.95. The first-order chi connectivity index (χ1) is 23.7. The first kappa shape index (κ1) is 26.9. The molecule has 0 fully saturated rings. The lowest BCUT2D eigenvalue weighted by molar-refractivity contribution is 1.12. The van der Waals surface area contributed by atoms with Gasteiger partial charge in [0.25, 0.3) is 0 Å². The van der Waals surface area contributed by atoms with E-state index in [4.69, 9.17) is 0 Å². The Bertz CT molecular complexity index is 2830. The van der Waals surface area contributed by atoms with E-state index in [-0.39, 0.29) is 0 Å². The molecule has 0 N–H and O–H groups in total. The summed E-state index contributed by atoms with van der Waals surface area (Å²) in [5, 5.41) is 6.29. The number of nitrogens with zero attached hydrogens (tertiary/aromatic N) is 3. The number of aryl methyl sites for hydroxylation is 1. The molecule has 48 heavy (non-hydrogen) atoms. The highest BCUT2D eigenvalue weighted by Gasteiger charge is 2.17. The van der Waals surface area contributed by atoms with E-state index in [9.17, 15) is 0 Å². The Labute approximate surface area is 278 Å². The summed E-state index contributed by atoms with van der Waals surface area (Å²) in [4.78, 5) is 0. The van der Waals surface area contributed by atoms with Gasteiger partial charge in [0, 0.05) is 50.2 Å². The molecule has 0 amide bonds. The third-order valence-corrected chi connectivity index (χ3v) is 9.91. The molecule has 0 bridgehead atoms. The Balaban J connectivity index is 1.15. The second-order valence-corrected chi connectivity index (χ2v) is 12.8. The quantitative estimate of drug-likeness (QED) is 0.188. The monoisotopic (exact) mass is 613 g/mol. The van der Waals surface area contributed by atoms with E-state index in [0.717, 1.165) is 0 Å². The molecule has 0 spiro atoms. The maximum absolute atomic E-state index is 2.42. The molecule has 0 aliphatic rings. The lowest BCUT2D eigenvalue weighted by Gasteiger charge is -2.10. The molecule has 3 nitrogen and oxygen atoms in total. The molecule has 0 aliphatic carbocycles. The van der Waals surface area contributed by atoms with E-state index in [2.05, 4.69) is 191 Å². The highest BCUT2D eigenvalue weighted by molar-refractivity contribution is 6.13. The lowest BCUT2D eigenvalue weighted by atomic mass is 10.0. The van der Waals surface area contributed by atoms with Crippen molar-refractivity contribution in [3.05, 3.63) is 176 Å². The van der Waals surface area contributed by atoms with Crippen LogP contribution in [0.25, 0.3) is 82.7 Å². The molecular formula is C45H31N3. The van der Waals surface area contributed by atoms with Gasteiger partial charge in [-0.1, -0.05) is 78.4 Å². The third kappa shape index (κ3) is 4.01. The Morgan fingerprint density at radius 3 is 1.62 bits per heavy atom. The highest BCUT2D eigenvalue weighted by Crippen LogP contribution is 2.39. The number of fused-ring (bicyclic) bond motifs is 7. The topological polar surface area (TPSA) is 14.8 Å². The molecule has 0 saturated heterocycles. The smallest absolute Gasteiger partial charge is 0.0541 e. The summed E-state index contributed by atoms with van der Waals surface area (Å²) in [7, 11) is 0. The van der Waals surface area contributed by atoms with Crippen molar-refractivity contribution in [2.45, 2.75) is 6.92 Å². The highest BCUT2D eigenvalue weighted by atomic mass is 15.0. The zero-order valence-electron chi connectivity index (χ0n) is 26.5. The maximum Gasteiger partial charge on any atom is 0.0541 e. The van der Waals surface area contributed by atoms with E-state index < -0.39 is 0 Å². The molecule has 3 heterocycles. The van der Waals surface area contributed by atoms with Gasteiger partial charge in [-0.15, -0.1) is 0 Å². The van der Waals surface area contributed by atoms with Crippen LogP contribution in [0.1, 0.15) is 5.56 Å². The SMILES string of the molecule is Cc1ccc2c(c1)c1cc(-c3ccc4c(c3)c3ccccc3n4-c3ccccc3)ccc1n2-c1ccc2c(ccn2-c2ccccc2)c1. The number of rotatable bonds is 4. The fourth-order valence-corrected chi connectivity index (χ4v) is 7.69. The van der Waals surface area contributed by atoms with Crippen molar-refractivity contribution in [1.82, 2.24) is 13.7 Å². The summed E-state index contributed by atoms with van der Waals surface area (Å²) < 4.78 is 7.05. The predicted octanol–water partition coefficient (Wildman–Crippen LogP) is 11.8. The van der Waals surface area contributed by atoms with Crippen LogP contribution in [0.5, 0.6) is 0 Å². The van der Waals surface area contributed by atoms with Crippen LogP contribution in [0.15, 0.2) is 170 Å². The van der Waals surface area contributed by atoms with Crippen molar-refractivity contribution in [3.8, 4) is 28.2 Å². The van der Waals surface area contributed by atoms with Gasteiger partial charge in [-0.25, -0.2) is 0 Å². The summed E-state index contributed by atoms with van der Waals surface area (Å²) in [6.45, 7) is 2.18. The molecule has 0 saturated carbocycles. The summed E-state index contributed by atoms with van der Waals surface area (Å²) in [6, 6.07) is 59.7. The van der Waals surface area contributed by atoms with Crippen LogP contribution < -0.4 is 0 Å². The Morgan fingerprint density at radius 1 is 0.354 bits per heavy atom. The van der Waals surface area contributed by atoms with Crippen molar-refractivity contribution < 1.29 is 0 Å². The van der Waals surface area contributed by atoms with Crippen molar-refractivity contribution >= 4 is 54.5 Å². The van der Waals surface area contributed by atoms with Gasteiger partial charge >= 0.3 is 0 Å². The van der Waals surface area contributed by atoms with Gasteiger partial charge in [-0.2, -0.15) is 0 Å². The summed E-state index contributed by atoms with van der Waals surface area (Å²) in [5.74, 6) is 0. The van der Waals surface area contributed by atoms with Gasteiger partial charge in [0.2, 0.25) is 0 Å². The number of benzene rings is 7. The standard InChI is InChI=1S/C45H31N3/c1-30-16-20-43-38(26-30)40-29-32(31-17-21-44-39(28-31)37-14-8-9-15-42(37)47(44)35-12-6-3-7-13-35)18-22-45(40)48(43)36-19-23-41-33(27-36)24-25-46(41)34-10-4-2-5-11-34/h2-29H,1H3. The second-order valence-electron chi connectivity index (χ2n) is 12.8. The van der Waals surface area contributed by atoms with Crippen LogP contribution in [-0.4, -0.2) is 13.7 Å². The van der Waals surface area contributed by atoms with Gasteiger partial charge in [-0.05, 0) is 109 Å². The van der Waals surface area contributed by atoms with Crippen LogP contribution in [0, 0.1) is 6.92 Å². The zero-order chi connectivity index (χ0) is 31.8. The number of hydrogen-bond acceptors (Lipinski definition) is 0. The zero-order valence-corrected chi connectivity index (χ0v) is 26.5. The molecule has 7 aromatic carbocycles. The Morgan fingerprint density at radius 2 is 0.896 bits per heavy atom. The van der Waals surface area contributed by atoms with Crippen molar-refractivity contribution in [3.63, 3.8) is 0 Å². The number of aromatic nitrogens is 3. The van der Waals surface area contributed by atoms with Gasteiger partial charge in [-0.3, -0.25) is 0 Å². The fourth-order valence-electron chi connectivity index (χ4n) is 7.69. The molecule has 0 atom stereocenters. The molecule has 226 valence electrons. The van der Waals surface area contributed by atoms with Crippen LogP contribution in [0.4, 0.5) is 0 Å². The average molecular weight is 614 g/mol. The molecular weight excluding hydrogens is 583 g/mol. The number of hydrogen-bond donors (Lipinski definition) is 0. The van der Waals surface area contributed by atoms with Crippen LogP contribution in [-0.2, 0) is 0 Å². The fraction of sp³-hybridized carbons (Fsp3) is 0.0222. The van der Waals surface area contributed by atoms with Crippen LogP contribution in [0.3, 0.4) is 0 Å². The average Bonchev–Trinajstić information content (AvgIpc) is 3.81. The van der Waals surface area contributed by atoms with Crippen molar-refractivity contribution in [2.75, 3.05) is 0 Å². The first-order valence-corrected chi connectivity index (χ1v) is 16.5. The molecule has 0 radical (unpaired) electrons. The Kier molecular flexibility index (Phi) is 5.79. The van der Waals surface area contributed by atoms with Gasteiger partial charge in [0.05, 0.1) is 27.6 Å². The van der Waals surface area contributed by atoms with E-state index in [1.807, 2.05) is 0 Å². The largest absolute Gasteiger partial charge is 0.317 e. The minimum absolute atomic E-state index is 1.17. The second kappa shape index (κ2) is 10.3. The molecule has 0 unspecified atom stereocenters. The van der Waals surface area contributed by atoms with Crippen LogP contribution >= 0.6 is 0 Å². The predicted molar refractivity (Wildman–Crippen MR) is 202 cm³/mol. The third-order valence-electron chi connectivity index (χ3n) is 9.91. The molecule has 10 aromatic rings. The van der Waals surface area contributed by atoms with Gasteiger partial charge in [0.1, 0.15) is 0 Å². The van der Waals surface area contributed by atoms with Crippen molar-refractivity contribution in [2.24, 2.45) is 0 Å². The van der Waals surface area contributed by atoms with E-state index >= 15 is 0 Å². The molecule has 0 aliphatic heterocycles. The van der Waals surface area contributed by atoms with E-state index in [1.54, 1.807) is 0 Å². The van der Waals surface area contributed by atoms with E-state index in [1.165, 1.54) is 88.3 Å². The molecule has 3 aromatic heterocycles.